The molecule has 0 fully saturated rings. The molecule has 0 saturated carbocycles. The minimum absolute atomic E-state index is 0. The van der Waals surface area contributed by atoms with Crippen molar-refractivity contribution in [2.75, 3.05) is 24.6 Å². The van der Waals surface area contributed by atoms with Crippen LogP contribution in [0.2, 0.25) is 0 Å². The van der Waals surface area contributed by atoms with E-state index in [2.05, 4.69) is 35.9 Å². The largest absolute Gasteiger partial charge is 0.480 e. The molecule has 4 N–H and O–H groups in total. The third-order valence-electron chi connectivity index (χ3n) is 1.87. The number of rotatable bonds is 9. The summed E-state index contributed by atoms with van der Waals surface area (Å²) in [7, 11) is 0. The molecule has 1 radical (unpaired) electrons. The van der Waals surface area contributed by atoms with Crippen LogP contribution in [0, 0.1) is 0 Å². The molecule has 0 aromatic heterocycles. The maximum absolute atomic E-state index is 10.6. The maximum Gasteiger partial charge on any atom is 0.321 e. The van der Waals surface area contributed by atoms with Gasteiger partial charge in [0.05, 0.1) is 0 Å². The van der Waals surface area contributed by atoms with E-state index in [9.17, 15) is 9.59 Å². The number of thiol groups is 2. The minimum Gasteiger partial charge on any atom is -0.480 e. The van der Waals surface area contributed by atoms with Gasteiger partial charge < -0.3 is 20.8 Å². The zero-order valence-electron chi connectivity index (χ0n) is 8.97. The second-order valence-corrected chi connectivity index (χ2v) is 3.79. The zero-order valence-corrected chi connectivity index (χ0v) is 12.6. The topological polar surface area (TPSA) is 98.7 Å². The van der Waals surface area contributed by atoms with E-state index < -0.39 is 24.0 Å². The van der Waals surface area contributed by atoms with E-state index in [0.29, 0.717) is 13.1 Å². The average molecular weight is 367 g/mol. The van der Waals surface area contributed by atoms with Crippen molar-refractivity contribution in [1.82, 2.24) is 10.6 Å². The Morgan fingerprint density at radius 2 is 1.24 bits per heavy atom. The van der Waals surface area contributed by atoms with Gasteiger partial charge in [0.25, 0.3) is 0 Å². The SMILES string of the molecule is O=C(O)[C@H](CS)NCCN[C@@H](CS)C(=O)O.[99Tc]. The fourth-order valence-electron chi connectivity index (χ4n) is 0.953. The normalized spacial score (nSPS) is 13.5. The second kappa shape index (κ2) is 11.3. The molecule has 0 aliphatic carbocycles. The molecule has 0 aromatic rings. The number of hydrogen-bond donors (Lipinski definition) is 6. The Labute approximate surface area is 124 Å². The molecule has 6 nitrogen and oxygen atoms in total. The summed E-state index contributed by atoms with van der Waals surface area (Å²) < 4.78 is 0. The number of nitrogens with one attached hydrogen (secondary N) is 2. The van der Waals surface area contributed by atoms with Gasteiger partial charge in [-0.25, -0.2) is 0 Å². The van der Waals surface area contributed by atoms with Gasteiger partial charge in [0, 0.05) is 44.7 Å². The van der Waals surface area contributed by atoms with E-state index in [-0.39, 0.29) is 31.6 Å². The molecule has 101 valence electrons. The Morgan fingerprint density at radius 3 is 1.41 bits per heavy atom. The summed E-state index contributed by atoms with van der Waals surface area (Å²) >= 11 is 7.76. The van der Waals surface area contributed by atoms with E-state index in [1.807, 2.05) is 0 Å². The van der Waals surface area contributed by atoms with Gasteiger partial charge in [-0.3, -0.25) is 9.59 Å². The first-order chi connectivity index (χ1) is 7.52. The number of aliphatic carboxylic acids is 2. The molecule has 0 aliphatic heterocycles. The first-order valence-corrected chi connectivity index (χ1v) is 5.93. The van der Waals surface area contributed by atoms with Crippen LogP contribution in [0.15, 0.2) is 0 Å². The van der Waals surface area contributed by atoms with Crippen molar-refractivity contribution >= 4 is 37.2 Å². The van der Waals surface area contributed by atoms with Crippen LogP contribution in [-0.4, -0.2) is 58.8 Å². The van der Waals surface area contributed by atoms with Crippen LogP contribution < -0.4 is 10.6 Å². The smallest absolute Gasteiger partial charge is 0.321 e. The van der Waals surface area contributed by atoms with Crippen molar-refractivity contribution in [3.8, 4) is 0 Å². The summed E-state index contributed by atoms with van der Waals surface area (Å²) in [5, 5.41) is 22.8. The quantitative estimate of drug-likeness (QED) is 0.229. The minimum atomic E-state index is -0.973. The molecule has 0 aromatic carbocycles. The third kappa shape index (κ3) is 8.87. The van der Waals surface area contributed by atoms with Gasteiger partial charge in [-0.1, -0.05) is 0 Å². The van der Waals surface area contributed by atoms with Gasteiger partial charge in [-0.2, -0.15) is 25.3 Å². The predicted molar refractivity (Wildman–Crippen MR) is 66.6 cm³/mol. The van der Waals surface area contributed by atoms with Crippen LogP contribution in [0.1, 0.15) is 0 Å². The van der Waals surface area contributed by atoms with Crippen LogP contribution in [0.25, 0.3) is 0 Å². The van der Waals surface area contributed by atoms with Gasteiger partial charge in [0.2, 0.25) is 0 Å². The van der Waals surface area contributed by atoms with E-state index in [1.165, 1.54) is 0 Å². The van der Waals surface area contributed by atoms with Crippen molar-refractivity contribution in [3.05, 3.63) is 0 Å². The monoisotopic (exact) mass is 367 g/mol. The van der Waals surface area contributed by atoms with Crippen molar-refractivity contribution < 1.29 is 39.9 Å². The molecule has 0 heterocycles. The number of carbonyl (C=O) groups is 2. The fraction of sp³-hybridized carbons (Fsp3) is 0.750. The predicted octanol–water partition coefficient (Wildman–Crippen LogP) is -1.07. The summed E-state index contributed by atoms with van der Waals surface area (Å²) in [6.07, 6.45) is 0. The molecular formula is C8H16N2O4S2Tc. The average Bonchev–Trinajstić information content (AvgIpc) is 2.22. The van der Waals surface area contributed by atoms with Gasteiger partial charge in [0.1, 0.15) is 12.1 Å². The van der Waals surface area contributed by atoms with Crippen molar-refractivity contribution in [3.63, 3.8) is 0 Å². The summed E-state index contributed by atoms with van der Waals surface area (Å²) in [6, 6.07) is -1.44. The Kier molecular flexibility index (Phi) is 13.0. The first-order valence-electron chi connectivity index (χ1n) is 4.67. The van der Waals surface area contributed by atoms with E-state index >= 15 is 0 Å². The van der Waals surface area contributed by atoms with Crippen LogP contribution >= 0.6 is 25.3 Å². The number of carboxylic acids is 2. The molecule has 0 rings (SSSR count). The molecule has 2 atom stereocenters. The second-order valence-electron chi connectivity index (χ2n) is 3.06. The third-order valence-corrected chi connectivity index (χ3v) is 2.60. The van der Waals surface area contributed by atoms with Gasteiger partial charge in [-0.05, 0) is 0 Å². The van der Waals surface area contributed by atoms with Gasteiger partial charge in [-0.15, -0.1) is 0 Å². The molecule has 0 amide bonds. The fourth-order valence-corrected chi connectivity index (χ4v) is 1.52. The van der Waals surface area contributed by atoms with Crippen molar-refractivity contribution in [1.29, 1.82) is 0 Å². The first kappa shape index (κ1) is 19.5. The molecule has 0 aliphatic rings. The van der Waals surface area contributed by atoms with Crippen LogP contribution in [0.5, 0.6) is 0 Å². The zero-order chi connectivity index (χ0) is 12.6. The van der Waals surface area contributed by atoms with Gasteiger partial charge in [0.15, 0.2) is 0 Å². The summed E-state index contributed by atoms with van der Waals surface area (Å²) in [4.78, 5) is 21.2. The molecular weight excluding hydrogens is 351 g/mol. The Morgan fingerprint density at radius 1 is 0.941 bits per heavy atom. The van der Waals surface area contributed by atoms with Crippen molar-refractivity contribution in [2.45, 2.75) is 12.1 Å². The number of carboxylic acid groups (broad SMARTS) is 2. The van der Waals surface area contributed by atoms with E-state index in [4.69, 9.17) is 10.2 Å². The Balaban J connectivity index is 0. The molecule has 0 unspecified atom stereocenters. The number of hydrogen-bond acceptors (Lipinski definition) is 6. The molecule has 17 heavy (non-hydrogen) atoms. The maximum atomic E-state index is 10.6. The Hall–Kier alpha value is 0.209. The standard InChI is InChI=1S/C8H16N2O4S2.Tc/c11-7(12)5(3-15)9-1-2-10-6(4-16)8(13)14;/h5-6,9-10,15-16H,1-4H2,(H,11,12)(H,13,14);/t5-,6-;/m0./s1/i;1+1. The van der Waals surface area contributed by atoms with Gasteiger partial charge >= 0.3 is 11.9 Å². The van der Waals surface area contributed by atoms with Crippen molar-refractivity contribution in [2.24, 2.45) is 0 Å². The summed E-state index contributed by atoms with van der Waals surface area (Å²) in [6.45, 7) is 0.712. The van der Waals surface area contributed by atoms with Crippen LogP contribution in [0.4, 0.5) is 0 Å². The molecule has 0 saturated heterocycles. The van der Waals surface area contributed by atoms with Crippen LogP contribution in [0.3, 0.4) is 0 Å². The summed E-state index contributed by atoms with van der Waals surface area (Å²) in [5.41, 5.74) is 0. The molecule has 0 bridgehead atoms. The Bertz CT molecular complexity index is 222. The van der Waals surface area contributed by atoms with E-state index in [1.54, 1.807) is 0 Å². The van der Waals surface area contributed by atoms with Crippen LogP contribution in [-0.2, 0) is 29.7 Å². The molecule has 9 heteroatoms. The molecule has 0 spiro atoms. The summed E-state index contributed by atoms with van der Waals surface area (Å²) in [5.74, 6) is -1.58. The van der Waals surface area contributed by atoms with E-state index in [0.717, 1.165) is 0 Å².